The Hall–Kier alpha value is -0.950. The van der Waals surface area contributed by atoms with Crippen molar-refractivity contribution in [3.63, 3.8) is 0 Å². The normalized spacial score (nSPS) is 11.4. The smallest absolute Gasteiger partial charge is 0.140 e. The standard InChI is InChI=1S/C10H15N3S/c1-5-10(2,3)8-6-9(14-7-11)12-13(8)4/h6H,5H2,1-4H3. The Morgan fingerprint density at radius 1 is 1.64 bits per heavy atom. The first-order chi connectivity index (χ1) is 6.51. The van der Waals surface area contributed by atoms with Crippen LogP contribution in [0.1, 0.15) is 32.9 Å². The molecule has 0 aliphatic carbocycles. The van der Waals surface area contributed by atoms with Crippen molar-refractivity contribution < 1.29 is 0 Å². The van der Waals surface area contributed by atoms with Crippen molar-refractivity contribution in [3.05, 3.63) is 11.8 Å². The van der Waals surface area contributed by atoms with Crippen molar-refractivity contribution in [2.24, 2.45) is 7.05 Å². The Labute approximate surface area is 89.1 Å². The van der Waals surface area contributed by atoms with Gasteiger partial charge in [-0.2, -0.15) is 10.4 Å². The molecule has 0 saturated heterocycles. The zero-order valence-corrected chi connectivity index (χ0v) is 9.85. The van der Waals surface area contributed by atoms with Crippen LogP contribution in [0.4, 0.5) is 0 Å². The summed E-state index contributed by atoms with van der Waals surface area (Å²) >= 11 is 1.11. The van der Waals surface area contributed by atoms with Crippen LogP contribution >= 0.6 is 11.8 Å². The van der Waals surface area contributed by atoms with E-state index in [4.69, 9.17) is 5.26 Å². The number of hydrogen-bond donors (Lipinski definition) is 0. The topological polar surface area (TPSA) is 41.6 Å². The predicted molar refractivity (Wildman–Crippen MR) is 58.0 cm³/mol. The quantitative estimate of drug-likeness (QED) is 0.567. The Kier molecular flexibility index (Phi) is 3.22. The van der Waals surface area contributed by atoms with Gasteiger partial charge in [-0.3, -0.25) is 4.68 Å². The Bertz CT molecular complexity index is 360. The maximum absolute atomic E-state index is 8.54. The van der Waals surface area contributed by atoms with E-state index in [2.05, 4.69) is 25.9 Å². The maximum Gasteiger partial charge on any atom is 0.140 e. The van der Waals surface area contributed by atoms with Crippen molar-refractivity contribution in [3.8, 4) is 5.40 Å². The van der Waals surface area contributed by atoms with Crippen LogP contribution in [0.3, 0.4) is 0 Å². The van der Waals surface area contributed by atoms with E-state index in [1.54, 1.807) is 0 Å². The molecule has 0 N–H and O–H groups in total. The minimum absolute atomic E-state index is 0.121. The van der Waals surface area contributed by atoms with Crippen LogP contribution in [0.15, 0.2) is 11.1 Å². The minimum Gasteiger partial charge on any atom is -0.271 e. The molecule has 1 rings (SSSR count). The SMILES string of the molecule is CCC(C)(C)c1cc(SC#N)nn1C. The molecule has 1 heterocycles. The molecule has 0 unspecified atom stereocenters. The van der Waals surface area contributed by atoms with Crippen LogP contribution in [-0.2, 0) is 12.5 Å². The molecule has 0 radical (unpaired) electrons. The summed E-state index contributed by atoms with van der Waals surface area (Å²) in [5.74, 6) is 0. The Morgan fingerprint density at radius 3 is 2.79 bits per heavy atom. The van der Waals surface area contributed by atoms with E-state index in [1.807, 2.05) is 23.2 Å². The molecule has 0 aliphatic heterocycles. The van der Waals surface area contributed by atoms with Gasteiger partial charge in [-0.25, -0.2) is 0 Å². The lowest BCUT2D eigenvalue weighted by atomic mass is 9.86. The first kappa shape index (κ1) is 11.1. The number of rotatable bonds is 3. The van der Waals surface area contributed by atoms with Crippen LogP contribution in [0.25, 0.3) is 0 Å². The number of aryl methyl sites for hydroxylation is 1. The van der Waals surface area contributed by atoms with Gasteiger partial charge < -0.3 is 0 Å². The number of thioether (sulfide) groups is 1. The third-order valence-electron chi connectivity index (χ3n) is 2.58. The summed E-state index contributed by atoms with van der Waals surface area (Å²) in [7, 11) is 1.92. The Balaban J connectivity index is 3.05. The molecular formula is C10H15N3S. The summed E-state index contributed by atoms with van der Waals surface area (Å²) in [5, 5.41) is 15.6. The highest BCUT2D eigenvalue weighted by Gasteiger charge is 2.22. The monoisotopic (exact) mass is 209 g/mol. The lowest BCUT2D eigenvalue weighted by molar-refractivity contribution is 0.460. The number of hydrogen-bond acceptors (Lipinski definition) is 3. The second-order valence-electron chi connectivity index (χ2n) is 3.92. The molecule has 76 valence electrons. The van der Waals surface area contributed by atoms with E-state index in [1.165, 1.54) is 5.69 Å². The van der Waals surface area contributed by atoms with E-state index >= 15 is 0 Å². The van der Waals surface area contributed by atoms with Crippen LogP contribution < -0.4 is 0 Å². The van der Waals surface area contributed by atoms with Crippen LogP contribution in [0.5, 0.6) is 0 Å². The molecule has 14 heavy (non-hydrogen) atoms. The highest BCUT2D eigenvalue weighted by atomic mass is 32.2. The highest BCUT2D eigenvalue weighted by Crippen LogP contribution is 2.29. The highest BCUT2D eigenvalue weighted by molar-refractivity contribution is 8.03. The summed E-state index contributed by atoms with van der Waals surface area (Å²) in [6.45, 7) is 6.53. The predicted octanol–water partition coefficient (Wildman–Crippen LogP) is 2.68. The van der Waals surface area contributed by atoms with Gasteiger partial charge in [0.1, 0.15) is 10.4 Å². The molecule has 0 fully saturated rings. The van der Waals surface area contributed by atoms with Crippen molar-refractivity contribution in [1.29, 1.82) is 5.26 Å². The van der Waals surface area contributed by atoms with E-state index in [0.717, 1.165) is 23.2 Å². The van der Waals surface area contributed by atoms with Crippen LogP contribution in [0.2, 0.25) is 0 Å². The molecule has 4 heteroatoms. The number of aromatic nitrogens is 2. The van der Waals surface area contributed by atoms with E-state index in [0.29, 0.717) is 0 Å². The lowest BCUT2D eigenvalue weighted by Crippen LogP contribution is -2.19. The van der Waals surface area contributed by atoms with Crippen LogP contribution in [0, 0.1) is 10.7 Å². The van der Waals surface area contributed by atoms with Crippen molar-refractivity contribution in [1.82, 2.24) is 9.78 Å². The zero-order valence-electron chi connectivity index (χ0n) is 9.03. The summed E-state index contributed by atoms with van der Waals surface area (Å²) in [4.78, 5) is 0. The van der Waals surface area contributed by atoms with E-state index in [-0.39, 0.29) is 5.41 Å². The van der Waals surface area contributed by atoms with E-state index in [9.17, 15) is 0 Å². The fourth-order valence-corrected chi connectivity index (χ4v) is 1.78. The molecule has 3 nitrogen and oxygen atoms in total. The zero-order chi connectivity index (χ0) is 10.8. The molecule has 1 aromatic rings. The molecule has 0 atom stereocenters. The summed E-state index contributed by atoms with van der Waals surface area (Å²) < 4.78 is 1.86. The van der Waals surface area contributed by atoms with Gasteiger partial charge in [0.05, 0.1) is 0 Å². The van der Waals surface area contributed by atoms with Gasteiger partial charge >= 0.3 is 0 Å². The molecular weight excluding hydrogens is 194 g/mol. The van der Waals surface area contributed by atoms with Crippen molar-refractivity contribution in [2.45, 2.75) is 37.6 Å². The van der Waals surface area contributed by atoms with Gasteiger partial charge in [-0.05, 0) is 12.5 Å². The molecule has 0 amide bonds. The van der Waals surface area contributed by atoms with Crippen molar-refractivity contribution in [2.75, 3.05) is 0 Å². The molecule has 0 aliphatic rings. The summed E-state index contributed by atoms with van der Waals surface area (Å²) in [6.07, 6.45) is 1.06. The van der Waals surface area contributed by atoms with Gasteiger partial charge in [0.15, 0.2) is 0 Å². The average molecular weight is 209 g/mol. The molecule has 1 aromatic heterocycles. The number of nitriles is 1. The van der Waals surface area contributed by atoms with Gasteiger partial charge in [0.25, 0.3) is 0 Å². The second-order valence-corrected chi connectivity index (χ2v) is 4.73. The Morgan fingerprint density at radius 2 is 2.29 bits per heavy atom. The van der Waals surface area contributed by atoms with Gasteiger partial charge in [0, 0.05) is 29.9 Å². The first-order valence-corrected chi connectivity index (χ1v) is 5.43. The van der Waals surface area contributed by atoms with Crippen LogP contribution in [-0.4, -0.2) is 9.78 Å². The van der Waals surface area contributed by atoms with E-state index < -0.39 is 0 Å². The number of thiocyanates is 1. The van der Waals surface area contributed by atoms with Crippen molar-refractivity contribution >= 4 is 11.8 Å². The largest absolute Gasteiger partial charge is 0.271 e. The van der Waals surface area contributed by atoms with Gasteiger partial charge in [-0.15, -0.1) is 0 Å². The fourth-order valence-electron chi connectivity index (χ4n) is 1.35. The first-order valence-electron chi connectivity index (χ1n) is 4.61. The lowest BCUT2D eigenvalue weighted by Gasteiger charge is -2.22. The molecule has 0 saturated carbocycles. The second kappa shape index (κ2) is 4.05. The molecule has 0 aromatic carbocycles. The average Bonchev–Trinajstić information content (AvgIpc) is 2.48. The minimum atomic E-state index is 0.121. The number of nitrogens with zero attached hydrogens (tertiary/aromatic N) is 3. The van der Waals surface area contributed by atoms with Gasteiger partial charge in [0.2, 0.25) is 0 Å². The fraction of sp³-hybridized carbons (Fsp3) is 0.600. The summed E-state index contributed by atoms with van der Waals surface area (Å²) in [6, 6.07) is 2.00. The molecule has 0 spiro atoms. The molecule has 0 bridgehead atoms. The third kappa shape index (κ3) is 2.10. The maximum atomic E-state index is 8.54. The van der Waals surface area contributed by atoms with Gasteiger partial charge in [-0.1, -0.05) is 20.8 Å². The summed E-state index contributed by atoms with van der Waals surface area (Å²) in [5.41, 5.74) is 1.30. The third-order valence-corrected chi connectivity index (χ3v) is 3.08.